The van der Waals surface area contributed by atoms with Gasteiger partial charge in [-0.05, 0) is 25.0 Å². The molecule has 2 N–H and O–H groups in total. The Balaban J connectivity index is 1.98. The molecule has 0 radical (unpaired) electrons. The number of alkyl halides is 3. The molecule has 1 heterocycles. The zero-order chi connectivity index (χ0) is 20.5. The topological polar surface area (TPSA) is 80.3 Å². The predicted octanol–water partition coefficient (Wildman–Crippen LogP) is 3.95. The lowest BCUT2D eigenvalue weighted by molar-refractivity contribution is -0.203. The number of carbonyl (C=O) groups is 2. The van der Waals surface area contributed by atoms with E-state index < -0.39 is 23.7 Å². The Morgan fingerprint density at radius 1 is 1.29 bits per heavy atom. The molecule has 0 spiro atoms. The van der Waals surface area contributed by atoms with Crippen molar-refractivity contribution in [1.82, 2.24) is 10.3 Å². The summed E-state index contributed by atoms with van der Waals surface area (Å²) >= 11 is 6.80. The number of anilines is 1. The van der Waals surface area contributed by atoms with Crippen LogP contribution in [0.5, 0.6) is 0 Å². The van der Waals surface area contributed by atoms with Crippen LogP contribution < -0.4 is 10.6 Å². The minimum Gasteiger partial charge on any atom is -0.466 e. The van der Waals surface area contributed by atoms with Crippen molar-refractivity contribution in [3.05, 3.63) is 45.9 Å². The van der Waals surface area contributed by atoms with Crippen LogP contribution in [-0.2, 0) is 9.53 Å². The summed E-state index contributed by atoms with van der Waals surface area (Å²) in [7, 11) is 0.795. The van der Waals surface area contributed by atoms with E-state index >= 15 is 0 Å². The Kier molecular flexibility index (Phi) is 5.53. The number of aromatic nitrogens is 1. The third-order valence-electron chi connectivity index (χ3n) is 4.15. The van der Waals surface area contributed by atoms with Crippen LogP contribution in [0.3, 0.4) is 0 Å². The fraction of sp³-hybridized carbons (Fsp3) is 0.353. The number of nitrogens with zero attached hydrogens (tertiary/aromatic N) is 1. The van der Waals surface area contributed by atoms with E-state index in [4.69, 9.17) is 11.6 Å². The molecule has 1 aliphatic rings. The van der Waals surface area contributed by atoms with E-state index in [1.165, 1.54) is 24.3 Å². The maximum atomic E-state index is 14.0. The number of esters is 1. The number of thiazole rings is 1. The second-order valence-corrected chi connectivity index (χ2v) is 7.42. The fourth-order valence-electron chi connectivity index (χ4n) is 2.50. The summed E-state index contributed by atoms with van der Waals surface area (Å²) in [6.07, 6.45) is -3.41. The first kappa shape index (κ1) is 20.4. The molecule has 0 saturated heterocycles. The Bertz CT molecular complexity index is 901. The summed E-state index contributed by atoms with van der Waals surface area (Å²) in [5, 5.41) is 5.15. The monoisotopic (exact) mass is 433 g/mol. The first-order chi connectivity index (χ1) is 13.2. The Morgan fingerprint density at radius 3 is 2.54 bits per heavy atom. The van der Waals surface area contributed by atoms with Gasteiger partial charge in [-0.25, -0.2) is 9.78 Å². The van der Waals surface area contributed by atoms with Crippen LogP contribution in [0, 0.1) is 0 Å². The van der Waals surface area contributed by atoms with Gasteiger partial charge < -0.3 is 15.4 Å². The lowest BCUT2D eigenvalue weighted by Crippen LogP contribution is -2.69. The zero-order valence-electron chi connectivity index (χ0n) is 14.5. The van der Waals surface area contributed by atoms with Gasteiger partial charge in [0.15, 0.2) is 5.13 Å². The molecular formula is C17H15ClF3N3O3S. The molecule has 150 valence electrons. The van der Waals surface area contributed by atoms with Crippen molar-refractivity contribution in [2.75, 3.05) is 12.4 Å². The third kappa shape index (κ3) is 3.93. The average Bonchev–Trinajstić information content (AvgIpc) is 3.39. The van der Waals surface area contributed by atoms with E-state index in [-0.39, 0.29) is 21.6 Å². The molecule has 1 aromatic carbocycles. The van der Waals surface area contributed by atoms with Crippen LogP contribution in [0.1, 0.15) is 34.8 Å². The third-order valence-corrected chi connectivity index (χ3v) is 5.25. The van der Waals surface area contributed by atoms with Crippen molar-refractivity contribution in [2.24, 2.45) is 0 Å². The number of methoxy groups -OCH3 is 1. The lowest BCUT2D eigenvalue weighted by atomic mass is 10.1. The molecule has 3 rings (SSSR count). The molecule has 1 aromatic heterocycles. The van der Waals surface area contributed by atoms with E-state index in [9.17, 15) is 22.8 Å². The molecule has 11 heteroatoms. The highest BCUT2D eigenvalue weighted by Gasteiger charge is 2.64. The van der Waals surface area contributed by atoms with Crippen molar-refractivity contribution in [2.45, 2.75) is 30.6 Å². The predicted molar refractivity (Wildman–Crippen MR) is 97.4 cm³/mol. The number of benzene rings is 1. The van der Waals surface area contributed by atoms with Gasteiger partial charge in [0.05, 0.1) is 23.4 Å². The first-order valence-corrected chi connectivity index (χ1v) is 9.39. The second kappa shape index (κ2) is 7.59. The number of rotatable bonds is 6. The van der Waals surface area contributed by atoms with Crippen LogP contribution in [-0.4, -0.2) is 35.8 Å². The average molecular weight is 434 g/mol. The van der Waals surface area contributed by atoms with Gasteiger partial charge in [-0.3, -0.25) is 4.79 Å². The van der Waals surface area contributed by atoms with Crippen LogP contribution >= 0.6 is 22.9 Å². The highest BCUT2D eigenvalue weighted by Crippen LogP contribution is 2.42. The van der Waals surface area contributed by atoms with Gasteiger partial charge in [0, 0.05) is 11.3 Å². The number of hydrogen-bond donors (Lipinski definition) is 2. The number of ether oxygens (including phenoxy) is 1. The van der Waals surface area contributed by atoms with E-state index in [1.54, 1.807) is 10.7 Å². The van der Waals surface area contributed by atoms with Gasteiger partial charge in [0.25, 0.3) is 5.91 Å². The van der Waals surface area contributed by atoms with Crippen LogP contribution in [0.25, 0.3) is 0 Å². The van der Waals surface area contributed by atoms with E-state index in [1.807, 2.05) is 5.32 Å². The molecule has 0 aliphatic heterocycles. The zero-order valence-corrected chi connectivity index (χ0v) is 16.0. The van der Waals surface area contributed by atoms with Crippen molar-refractivity contribution < 1.29 is 27.5 Å². The highest BCUT2D eigenvalue weighted by molar-refractivity contribution is 7.13. The van der Waals surface area contributed by atoms with Crippen LogP contribution in [0.4, 0.5) is 18.3 Å². The Morgan fingerprint density at radius 2 is 1.96 bits per heavy atom. The minimum atomic E-state index is -5.23. The summed E-state index contributed by atoms with van der Waals surface area (Å²) in [5.41, 5.74) is -3.11. The second-order valence-electron chi connectivity index (χ2n) is 6.15. The van der Waals surface area contributed by atoms with E-state index in [0.717, 1.165) is 31.3 Å². The number of amides is 1. The van der Waals surface area contributed by atoms with Gasteiger partial charge >= 0.3 is 17.8 Å². The van der Waals surface area contributed by atoms with Gasteiger partial charge in [-0.1, -0.05) is 23.7 Å². The van der Waals surface area contributed by atoms with Gasteiger partial charge in [0.1, 0.15) is 0 Å². The molecular weight excluding hydrogens is 419 g/mol. The minimum absolute atomic E-state index is 0.0637. The highest BCUT2D eigenvalue weighted by atomic mass is 35.5. The van der Waals surface area contributed by atoms with E-state index in [2.05, 4.69) is 9.72 Å². The van der Waals surface area contributed by atoms with Crippen LogP contribution in [0.2, 0.25) is 5.02 Å². The largest absolute Gasteiger partial charge is 0.466 e. The maximum Gasteiger partial charge on any atom is 0.442 e. The summed E-state index contributed by atoms with van der Waals surface area (Å²) in [5.74, 6) is -2.72. The Hall–Kier alpha value is -2.33. The summed E-state index contributed by atoms with van der Waals surface area (Å²) in [4.78, 5) is 28.8. The number of nitrogens with one attached hydrogen (secondary N) is 2. The summed E-state index contributed by atoms with van der Waals surface area (Å²) in [6.45, 7) is 0. The standard InChI is InChI=1S/C17H15ClF3N3O3S/c1-27-14(26)16(17(19,20)21,23-13(25)10-4-2-3-5-11(10)18)24-15-22-12(8-28-15)9-6-7-9/h2-5,8-9H,6-7H2,1H3,(H,22,24)(H,23,25)/t16-/m0/s1. The molecule has 1 aliphatic carbocycles. The molecule has 2 aromatic rings. The molecule has 0 bridgehead atoms. The number of hydrogen-bond acceptors (Lipinski definition) is 6. The van der Waals surface area contributed by atoms with Gasteiger partial charge in [0.2, 0.25) is 0 Å². The SMILES string of the molecule is COC(=O)[C@](NC(=O)c1ccccc1Cl)(Nc1nc(C2CC2)cs1)C(F)(F)F. The van der Waals surface area contributed by atoms with Crippen molar-refractivity contribution in [1.29, 1.82) is 0 Å². The van der Waals surface area contributed by atoms with Gasteiger partial charge in [-0.15, -0.1) is 11.3 Å². The molecule has 1 atom stereocenters. The molecule has 28 heavy (non-hydrogen) atoms. The van der Waals surface area contributed by atoms with Crippen molar-refractivity contribution in [3.8, 4) is 0 Å². The first-order valence-electron chi connectivity index (χ1n) is 8.13. The quantitative estimate of drug-likeness (QED) is 0.532. The van der Waals surface area contributed by atoms with Crippen molar-refractivity contribution in [3.63, 3.8) is 0 Å². The summed E-state index contributed by atoms with van der Waals surface area (Å²) < 4.78 is 46.4. The van der Waals surface area contributed by atoms with Gasteiger partial charge in [-0.2, -0.15) is 13.2 Å². The smallest absolute Gasteiger partial charge is 0.442 e. The summed E-state index contributed by atoms with van der Waals surface area (Å²) in [6, 6.07) is 5.54. The molecule has 0 unspecified atom stereocenters. The number of carbonyl (C=O) groups excluding carboxylic acids is 2. The lowest BCUT2D eigenvalue weighted by Gasteiger charge is -2.34. The molecule has 1 saturated carbocycles. The van der Waals surface area contributed by atoms with E-state index in [0.29, 0.717) is 5.69 Å². The fourth-order valence-corrected chi connectivity index (χ4v) is 3.57. The maximum absolute atomic E-state index is 14.0. The Labute approximate surface area is 167 Å². The normalized spacial score (nSPS) is 16.2. The molecule has 1 fully saturated rings. The number of halogens is 4. The molecule has 6 nitrogen and oxygen atoms in total. The van der Waals surface area contributed by atoms with Crippen molar-refractivity contribution >= 4 is 39.9 Å². The molecule has 1 amide bonds. The van der Waals surface area contributed by atoms with Crippen LogP contribution in [0.15, 0.2) is 29.6 Å².